The van der Waals surface area contributed by atoms with Crippen molar-refractivity contribution >= 4 is 0 Å². The van der Waals surface area contributed by atoms with Crippen molar-refractivity contribution in [3.8, 4) is 0 Å². The molecule has 2 bridgehead atoms. The Balaban J connectivity index is 2.14. The Hall–Kier alpha value is -0.160. The Morgan fingerprint density at radius 1 is 1.42 bits per heavy atom. The van der Waals surface area contributed by atoms with Crippen LogP contribution in [0.5, 0.6) is 0 Å². The summed E-state index contributed by atoms with van der Waals surface area (Å²) in [6.07, 6.45) is 0.703. The summed E-state index contributed by atoms with van der Waals surface area (Å²) in [7, 11) is 3.22. The first kappa shape index (κ1) is 8.44. The van der Waals surface area contributed by atoms with Crippen LogP contribution in [0.25, 0.3) is 0 Å². The fourth-order valence-corrected chi connectivity index (χ4v) is 2.12. The first-order chi connectivity index (χ1) is 5.72. The van der Waals surface area contributed by atoms with Crippen LogP contribution in [-0.4, -0.2) is 43.4 Å². The van der Waals surface area contributed by atoms with Crippen LogP contribution in [0.3, 0.4) is 0 Å². The molecular formula is C8H14O4. The first-order valence-electron chi connectivity index (χ1n) is 4.15. The second kappa shape index (κ2) is 2.67. The van der Waals surface area contributed by atoms with Crippen molar-refractivity contribution in [3.05, 3.63) is 0 Å². The van der Waals surface area contributed by atoms with Crippen LogP contribution in [-0.2, 0) is 14.2 Å². The van der Waals surface area contributed by atoms with Crippen molar-refractivity contribution in [2.75, 3.05) is 14.2 Å². The lowest BCUT2D eigenvalue weighted by Gasteiger charge is -2.33. The van der Waals surface area contributed by atoms with Gasteiger partial charge in [-0.15, -0.1) is 0 Å². The molecule has 2 rings (SSSR count). The molecule has 0 aliphatic carbocycles. The highest BCUT2D eigenvalue weighted by Crippen LogP contribution is 2.44. The van der Waals surface area contributed by atoms with Gasteiger partial charge in [0.25, 0.3) is 0 Å². The monoisotopic (exact) mass is 174 g/mol. The van der Waals surface area contributed by atoms with E-state index in [0.717, 1.165) is 0 Å². The highest BCUT2D eigenvalue weighted by atomic mass is 16.7. The van der Waals surface area contributed by atoms with Gasteiger partial charge in [0.15, 0.2) is 5.79 Å². The van der Waals surface area contributed by atoms with Gasteiger partial charge in [-0.2, -0.15) is 0 Å². The van der Waals surface area contributed by atoms with Crippen LogP contribution in [0.1, 0.15) is 12.8 Å². The van der Waals surface area contributed by atoms with Crippen LogP contribution < -0.4 is 0 Å². The van der Waals surface area contributed by atoms with Crippen LogP contribution in [0.15, 0.2) is 0 Å². The molecule has 2 aliphatic rings. The summed E-state index contributed by atoms with van der Waals surface area (Å²) in [5.74, 6) is -0.607. The number of aliphatic hydroxyl groups excluding tert-OH is 1. The minimum absolute atomic E-state index is 0.102. The standard InChI is InChI=1S/C8H14O4/c1-10-8(11-2)4-6-5(9)3-7(8)12-6/h5-7,9H,3-4H2,1-2H3/t5-,6+,7+/m1/s1. The van der Waals surface area contributed by atoms with Gasteiger partial charge in [0.1, 0.15) is 6.10 Å². The molecule has 1 N–H and O–H groups in total. The van der Waals surface area contributed by atoms with Gasteiger partial charge in [0.05, 0.1) is 12.2 Å². The molecule has 4 heteroatoms. The number of ether oxygens (including phenoxy) is 3. The summed E-state index contributed by atoms with van der Waals surface area (Å²) in [4.78, 5) is 0. The third kappa shape index (κ3) is 0.925. The van der Waals surface area contributed by atoms with Crippen molar-refractivity contribution in [2.45, 2.75) is 36.9 Å². The average molecular weight is 174 g/mol. The van der Waals surface area contributed by atoms with E-state index in [0.29, 0.717) is 12.8 Å². The maximum Gasteiger partial charge on any atom is 0.196 e. The molecule has 0 aromatic heterocycles. The molecule has 0 aromatic carbocycles. The quantitative estimate of drug-likeness (QED) is 0.594. The van der Waals surface area contributed by atoms with Gasteiger partial charge < -0.3 is 19.3 Å². The summed E-state index contributed by atoms with van der Waals surface area (Å²) >= 11 is 0. The van der Waals surface area contributed by atoms with Gasteiger partial charge >= 0.3 is 0 Å². The van der Waals surface area contributed by atoms with Crippen molar-refractivity contribution in [1.29, 1.82) is 0 Å². The first-order valence-corrected chi connectivity index (χ1v) is 4.15. The number of methoxy groups -OCH3 is 2. The minimum atomic E-state index is -0.607. The second-order valence-corrected chi connectivity index (χ2v) is 3.39. The molecular weight excluding hydrogens is 160 g/mol. The molecule has 12 heavy (non-hydrogen) atoms. The zero-order valence-electron chi connectivity index (χ0n) is 7.32. The van der Waals surface area contributed by atoms with Crippen molar-refractivity contribution in [1.82, 2.24) is 0 Å². The Bertz CT molecular complexity index is 176. The average Bonchev–Trinajstić information content (AvgIpc) is 2.60. The molecule has 0 spiro atoms. The molecule has 0 unspecified atom stereocenters. The Labute approximate surface area is 71.4 Å². The van der Waals surface area contributed by atoms with E-state index < -0.39 is 5.79 Å². The van der Waals surface area contributed by atoms with Crippen LogP contribution >= 0.6 is 0 Å². The summed E-state index contributed by atoms with van der Waals surface area (Å²) < 4.78 is 16.0. The molecule has 0 aromatic rings. The van der Waals surface area contributed by atoms with Crippen molar-refractivity contribution in [2.24, 2.45) is 0 Å². The number of fused-ring (bicyclic) bond motifs is 2. The molecule has 0 amide bonds. The van der Waals surface area contributed by atoms with E-state index in [9.17, 15) is 5.11 Å². The van der Waals surface area contributed by atoms with Gasteiger partial charge in [-0.1, -0.05) is 0 Å². The molecule has 0 radical (unpaired) electrons. The number of hydrogen-bond acceptors (Lipinski definition) is 4. The van der Waals surface area contributed by atoms with Gasteiger partial charge in [-0.3, -0.25) is 0 Å². The zero-order chi connectivity index (χ0) is 8.77. The topological polar surface area (TPSA) is 47.9 Å². The fraction of sp³-hybridized carbons (Fsp3) is 1.00. The summed E-state index contributed by atoms with van der Waals surface area (Å²) in [5.41, 5.74) is 0. The highest BCUT2D eigenvalue weighted by molar-refractivity contribution is 5.01. The van der Waals surface area contributed by atoms with Crippen LogP contribution in [0, 0.1) is 0 Å². The maximum atomic E-state index is 9.41. The molecule has 2 fully saturated rings. The Kier molecular flexibility index (Phi) is 1.88. The van der Waals surface area contributed by atoms with E-state index in [2.05, 4.69) is 0 Å². The van der Waals surface area contributed by atoms with Crippen molar-refractivity contribution in [3.63, 3.8) is 0 Å². The Morgan fingerprint density at radius 2 is 2.08 bits per heavy atom. The molecule has 3 atom stereocenters. The zero-order valence-corrected chi connectivity index (χ0v) is 7.32. The molecule has 2 aliphatic heterocycles. The highest BCUT2D eigenvalue weighted by Gasteiger charge is 2.57. The van der Waals surface area contributed by atoms with E-state index in [1.165, 1.54) is 0 Å². The molecule has 4 nitrogen and oxygen atoms in total. The van der Waals surface area contributed by atoms with Crippen LogP contribution in [0.4, 0.5) is 0 Å². The smallest absolute Gasteiger partial charge is 0.196 e. The molecule has 70 valence electrons. The van der Waals surface area contributed by atoms with Crippen molar-refractivity contribution < 1.29 is 19.3 Å². The van der Waals surface area contributed by atoms with Gasteiger partial charge in [0, 0.05) is 27.1 Å². The lowest BCUT2D eigenvalue weighted by molar-refractivity contribution is -0.234. The predicted octanol–water partition coefficient (Wildman–Crippen LogP) is -0.102. The van der Waals surface area contributed by atoms with E-state index in [1.54, 1.807) is 14.2 Å². The Morgan fingerprint density at radius 3 is 2.42 bits per heavy atom. The van der Waals surface area contributed by atoms with E-state index in [-0.39, 0.29) is 18.3 Å². The normalized spacial score (nSPS) is 43.8. The van der Waals surface area contributed by atoms with E-state index in [1.807, 2.05) is 0 Å². The number of hydrogen-bond donors (Lipinski definition) is 1. The van der Waals surface area contributed by atoms with Gasteiger partial charge in [0.2, 0.25) is 0 Å². The third-order valence-electron chi connectivity index (χ3n) is 2.89. The molecule has 0 saturated carbocycles. The lowest BCUT2D eigenvalue weighted by atomic mass is 9.92. The summed E-state index contributed by atoms with van der Waals surface area (Å²) in [6.45, 7) is 0. The van der Waals surface area contributed by atoms with Crippen LogP contribution in [0.2, 0.25) is 0 Å². The molecule has 2 heterocycles. The van der Waals surface area contributed by atoms with E-state index in [4.69, 9.17) is 14.2 Å². The minimum Gasteiger partial charge on any atom is -0.390 e. The number of aliphatic hydroxyl groups is 1. The van der Waals surface area contributed by atoms with E-state index >= 15 is 0 Å². The largest absolute Gasteiger partial charge is 0.390 e. The van der Waals surface area contributed by atoms with Gasteiger partial charge in [-0.05, 0) is 0 Å². The summed E-state index contributed by atoms with van der Waals surface area (Å²) in [6, 6.07) is 0. The maximum absolute atomic E-state index is 9.41. The number of rotatable bonds is 2. The lowest BCUT2D eigenvalue weighted by Crippen LogP contribution is -2.46. The SMILES string of the molecule is COC1(OC)C[C@@H]2O[C@H]1C[C@H]2O. The second-order valence-electron chi connectivity index (χ2n) is 3.39. The summed E-state index contributed by atoms with van der Waals surface area (Å²) in [5, 5.41) is 9.41. The molecule has 2 saturated heterocycles. The third-order valence-corrected chi connectivity index (χ3v) is 2.89. The fourth-order valence-electron chi connectivity index (χ4n) is 2.12. The predicted molar refractivity (Wildman–Crippen MR) is 40.7 cm³/mol. The van der Waals surface area contributed by atoms with Gasteiger partial charge in [-0.25, -0.2) is 0 Å².